The van der Waals surface area contributed by atoms with Crippen LogP contribution in [-0.2, 0) is 11.3 Å². The first-order chi connectivity index (χ1) is 12.7. The molecule has 1 fully saturated rings. The average Bonchev–Trinajstić information content (AvgIpc) is 2.93. The van der Waals surface area contributed by atoms with Crippen molar-refractivity contribution in [3.8, 4) is 0 Å². The Morgan fingerprint density at radius 1 is 1.32 bits per heavy atom. The molecule has 1 aliphatic heterocycles. The Morgan fingerprint density at radius 3 is 2.46 bits per heavy atom. The van der Waals surface area contributed by atoms with Gasteiger partial charge in [0, 0.05) is 23.9 Å². The number of hydrogen-bond donors (Lipinski definition) is 1. The van der Waals surface area contributed by atoms with Gasteiger partial charge in [-0.2, -0.15) is 13.2 Å². The molecule has 3 unspecified atom stereocenters. The lowest BCUT2D eigenvalue weighted by Crippen LogP contribution is -2.74. The lowest BCUT2D eigenvalue weighted by molar-refractivity contribution is -0.308. The van der Waals surface area contributed by atoms with Crippen molar-refractivity contribution in [1.29, 1.82) is 0 Å². The van der Waals surface area contributed by atoms with Gasteiger partial charge in [0.05, 0.1) is 9.88 Å². The number of aliphatic hydroxyl groups is 1. The van der Waals surface area contributed by atoms with Crippen LogP contribution in [-0.4, -0.2) is 40.2 Å². The molecule has 0 bridgehead atoms. The van der Waals surface area contributed by atoms with Crippen molar-refractivity contribution in [2.24, 2.45) is 0 Å². The highest BCUT2D eigenvalue weighted by atomic mass is 35.5. The molecule has 11 heteroatoms. The monoisotopic (exact) mass is 447 g/mol. The van der Waals surface area contributed by atoms with Crippen LogP contribution in [0.5, 0.6) is 0 Å². The molecule has 0 saturated carbocycles. The Bertz CT molecular complexity index is 830. The summed E-state index contributed by atoms with van der Waals surface area (Å²) in [5.74, 6) is -0.378. The number of aliphatic hydroxyl groups excluding tert-OH is 1. The van der Waals surface area contributed by atoms with E-state index in [1.54, 1.807) is 12.1 Å². The third-order valence-electron chi connectivity index (χ3n) is 5.09. The molecule has 0 radical (unpaired) electrons. The highest BCUT2D eigenvalue weighted by Crippen LogP contribution is 2.54. The molecule has 156 valence electrons. The number of allylic oxidation sites excluding steroid dienone is 2. The SMILES string of the molecule is CC1=C2C(CC(OC(F)(F)F)=C1)N(Cc1ccc(Cl)s1)C2(C)C(O)C(F)(F)F. The van der Waals surface area contributed by atoms with Gasteiger partial charge in [-0.1, -0.05) is 11.6 Å². The van der Waals surface area contributed by atoms with Crippen LogP contribution in [0.2, 0.25) is 4.34 Å². The van der Waals surface area contributed by atoms with Crippen molar-refractivity contribution >= 4 is 22.9 Å². The number of likely N-dealkylation sites (tertiary alicyclic amines) is 1. The molecular formula is C17H16ClF6NO2S. The summed E-state index contributed by atoms with van der Waals surface area (Å²) in [7, 11) is 0. The molecule has 1 aliphatic carbocycles. The molecule has 2 heterocycles. The van der Waals surface area contributed by atoms with Gasteiger partial charge in [0.2, 0.25) is 0 Å². The molecule has 0 aromatic carbocycles. The van der Waals surface area contributed by atoms with Gasteiger partial charge >= 0.3 is 12.5 Å². The molecule has 3 nitrogen and oxygen atoms in total. The van der Waals surface area contributed by atoms with Gasteiger partial charge in [0.1, 0.15) is 5.76 Å². The molecule has 0 spiro atoms. The van der Waals surface area contributed by atoms with Crippen LogP contribution in [0, 0.1) is 0 Å². The minimum absolute atomic E-state index is 0.00176. The third kappa shape index (κ3) is 3.79. The van der Waals surface area contributed by atoms with Gasteiger partial charge in [-0.3, -0.25) is 4.90 Å². The maximum absolute atomic E-state index is 13.4. The Morgan fingerprint density at radius 2 is 1.96 bits per heavy atom. The largest absolute Gasteiger partial charge is 0.572 e. The summed E-state index contributed by atoms with van der Waals surface area (Å²) in [4.78, 5) is 1.99. The molecular weight excluding hydrogens is 432 g/mol. The maximum atomic E-state index is 13.4. The highest BCUT2D eigenvalue weighted by Gasteiger charge is 2.65. The summed E-state index contributed by atoms with van der Waals surface area (Å²) in [6, 6.07) is 2.47. The number of thiophene rings is 1. The van der Waals surface area contributed by atoms with E-state index in [1.807, 2.05) is 0 Å². The van der Waals surface area contributed by atoms with E-state index in [1.165, 1.54) is 18.7 Å². The summed E-state index contributed by atoms with van der Waals surface area (Å²) < 4.78 is 82.3. The first kappa shape index (κ1) is 21.5. The number of nitrogens with zero attached hydrogens (tertiary/aromatic N) is 1. The second-order valence-corrected chi connectivity index (χ2v) is 8.70. The summed E-state index contributed by atoms with van der Waals surface area (Å²) >= 11 is 7.03. The van der Waals surface area contributed by atoms with E-state index >= 15 is 0 Å². The average molecular weight is 448 g/mol. The van der Waals surface area contributed by atoms with Crippen LogP contribution < -0.4 is 0 Å². The summed E-state index contributed by atoms with van der Waals surface area (Å²) in [5.41, 5.74) is -1.32. The van der Waals surface area contributed by atoms with Gasteiger partial charge in [0.15, 0.2) is 6.10 Å². The van der Waals surface area contributed by atoms with Crippen molar-refractivity contribution in [1.82, 2.24) is 4.90 Å². The number of hydrogen-bond acceptors (Lipinski definition) is 4. The van der Waals surface area contributed by atoms with E-state index in [-0.39, 0.29) is 29.9 Å². The predicted molar refractivity (Wildman–Crippen MR) is 91.7 cm³/mol. The second-order valence-electron chi connectivity index (χ2n) is 6.90. The minimum atomic E-state index is -4.90. The molecule has 1 aromatic heterocycles. The number of alkyl halides is 6. The highest BCUT2D eigenvalue weighted by molar-refractivity contribution is 7.16. The van der Waals surface area contributed by atoms with Crippen LogP contribution >= 0.6 is 22.9 Å². The van der Waals surface area contributed by atoms with Crippen molar-refractivity contribution in [2.45, 2.75) is 57.0 Å². The molecule has 1 N–H and O–H groups in total. The van der Waals surface area contributed by atoms with Crippen LogP contribution in [0.25, 0.3) is 0 Å². The number of fused-ring (bicyclic) bond motifs is 1. The zero-order valence-corrected chi connectivity index (χ0v) is 16.2. The molecule has 1 aromatic rings. The fourth-order valence-electron chi connectivity index (χ4n) is 4.07. The van der Waals surface area contributed by atoms with Gasteiger partial charge in [0.25, 0.3) is 0 Å². The lowest BCUT2D eigenvalue weighted by Gasteiger charge is -2.62. The topological polar surface area (TPSA) is 32.7 Å². The van der Waals surface area contributed by atoms with Gasteiger partial charge in [-0.05, 0) is 43.2 Å². The molecule has 1 saturated heterocycles. The Balaban J connectivity index is 2.00. The predicted octanol–water partition coefficient (Wildman–Crippen LogP) is 5.41. The van der Waals surface area contributed by atoms with E-state index < -0.39 is 30.2 Å². The lowest BCUT2D eigenvalue weighted by atomic mass is 9.65. The van der Waals surface area contributed by atoms with Crippen LogP contribution in [0.4, 0.5) is 26.3 Å². The standard InChI is InChI=1S/C17H16ClF6NO2S/c1-8-5-9(27-17(22,23)24)6-11-13(8)15(2,14(26)16(19,20)21)25(11)7-10-3-4-12(18)28-10/h3-5,11,14,26H,6-7H2,1-2H3. The van der Waals surface area contributed by atoms with Crippen LogP contribution in [0.1, 0.15) is 25.1 Å². The Kier molecular flexibility index (Phi) is 5.31. The number of rotatable bonds is 4. The van der Waals surface area contributed by atoms with Crippen molar-refractivity contribution in [3.63, 3.8) is 0 Å². The smallest absolute Gasteiger partial charge is 0.410 e. The minimum Gasteiger partial charge on any atom is -0.410 e. The summed E-state index contributed by atoms with van der Waals surface area (Å²) in [6.45, 7) is 2.67. The third-order valence-corrected chi connectivity index (χ3v) is 6.31. The normalized spacial score (nSPS) is 27.2. The van der Waals surface area contributed by atoms with E-state index in [0.717, 1.165) is 17.4 Å². The van der Waals surface area contributed by atoms with Crippen LogP contribution in [0.3, 0.4) is 0 Å². The van der Waals surface area contributed by atoms with Gasteiger partial charge in [-0.15, -0.1) is 24.5 Å². The molecule has 3 rings (SSSR count). The first-order valence-electron chi connectivity index (χ1n) is 8.17. The maximum Gasteiger partial charge on any atom is 0.572 e. The fraction of sp³-hybridized carbons (Fsp3) is 0.529. The van der Waals surface area contributed by atoms with E-state index in [0.29, 0.717) is 9.21 Å². The second kappa shape index (κ2) is 6.93. The first-order valence-corrected chi connectivity index (χ1v) is 9.36. The molecule has 28 heavy (non-hydrogen) atoms. The van der Waals surface area contributed by atoms with E-state index in [4.69, 9.17) is 11.6 Å². The van der Waals surface area contributed by atoms with E-state index in [9.17, 15) is 31.4 Å². The zero-order chi connectivity index (χ0) is 21.1. The molecule has 3 atom stereocenters. The number of ether oxygens (including phenoxy) is 1. The fourth-order valence-corrected chi connectivity index (χ4v) is 5.16. The number of halogens is 7. The van der Waals surface area contributed by atoms with E-state index in [2.05, 4.69) is 4.74 Å². The zero-order valence-electron chi connectivity index (χ0n) is 14.7. The van der Waals surface area contributed by atoms with Gasteiger partial charge in [-0.25, -0.2) is 0 Å². The summed E-state index contributed by atoms with van der Waals surface area (Å²) in [5, 5.41) is 10.1. The van der Waals surface area contributed by atoms with Crippen molar-refractivity contribution in [2.75, 3.05) is 0 Å². The quantitative estimate of drug-likeness (QED) is 0.627. The Labute approximate surface area is 165 Å². The molecule has 2 aliphatic rings. The van der Waals surface area contributed by atoms with Crippen molar-refractivity contribution < 1.29 is 36.2 Å². The summed E-state index contributed by atoms with van der Waals surface area (Å²) in [6.07, 6.45) is -11.7. The Hall–Kier alpha value is -1.23. The van der Waals surface area contributed by atoms with Gasteiger partial charge < -0.3 is 9.84 Å². The van der Waals surface area contributed by atoms with Crippen molar-refractivity contribution in [3.05, 3.63) is 44.3 Å². The van der Waals surface area contributed by atoms with Crippen LogP contribution in [0.15, 0.2) is 35.1 Å². The molecule has 0 amide bonds.